The van der Waals surface area contributed by atoms with Gasteiger partial charge in [0.15, 0.2) is 0 Å². The zero-order valence-electron chi connectivity index (χ0n) is 16.7. The predicted molar refractivity (Wildman–Crippen MR) is 112 cm³/mol. The van der Waals surface area contributed by atoms with Gasteiger partial charge < -0.3 is 20.5 Å². The molecule has 2 rings (SSSR count). The molecule has 0 aliphatic heterocycles. The molecule has 150 valence electrons. The first-order valence-corrected chi connectivity index (χ1v) is 10.8. The van der Waals surface area contributed by atoms with E-state index in [2.05, 4.69) is 29.2 Å². The Morgan fingerprint density at radius 1 is 1.22 bits per heavy atom. The van der Waals surface area contributed by atoms with Crippen molar-refractivity contribution < 1.29 is 9.32 Å². The number of aromatic nitrogens is 1. The van der Waals surface area contributed by atoms with Gasteiger partial charge >= 0.3 is 0 Å². The van der Waals surface area contributed by atoms with Crippen LogP contribution in [0.1, 0.15) is 61.9 Å². The van der Waals surface area contributed by atoms with Gasteiger partial charge in [-0.15, -0.1) is 11.3 Å². The fraction of sp³-hybridized carbons (Fsp3) is 0.600. The molecule has 0 radical (unpaired) electrons. The van der Waals surface area contributed by atoms with Crippen LogP contribution in [-0.4, -0.2) is 42.1 Å². The third-order valence-corrected chi connectivity index (χ3v) is 5.64. The van der Waals surface area contributed by atoms with Gasteiger partial charge in [-0.1, -0.05) is 31.8 Å². The van der Waals surface area contributed by atoms with E-state index in [-0.39, 0.29) is 11.8 Å². The van der Waals surface area contributed by atoms with Gasteiger partial charge in [-0.25, -0.2) is 0 Å². The normalized spacial score (nSPS) is 11.3. The van der Waals surface area contributed by atoms with Gasteiger partial charge in [-0.3, -0.25) is 4.79 Å². The summed E-state index contributed by atoms with van der Waals surface area (Å²) in [5.74, 6) is -0.145. The number of amides is 1. The molecule has 6 nitrogen and oxygen atoms in total. The first kappa shape index (κ1) is 21.4. The monoisotopic (exact) mass is 392 g/mol. The first-order valence-electron chi connectivity index (χ1n) is 9.88. The van der Waals surface area contributed by atoms with E-state index in [4.69, 9.17) is 10.3 Å². The molecule has 0 spiro atoms. The summed E-state index contributed by atoms with van der Waals surface area (Å²) >= 11 is 1.53. The summed E-state index contributed by atoms with van der Waals surface area (Å²) < 4.78 is 5.09. The lowest BCUT2D eigenvalue weighted by Gasteiger charge is -2.21. The lowest BCUT2D eigenvalue weighted by molar-refractivity contribution is 0.0952. The molecule has 3 N–H and O–H groups in total. The second-order valence-corrected chi connectivity index (χ2v) is 7.78. The second kappa shape index (κ2) is 11.1. The van der Waals surface area contributed by atoms with Crippen molar-refractivity contribution in [2.75, 3.05) is 31.9 Å². The third kappa shape index (κ3) is 6.07. The molecule has 0 bridgehead atoms. The fourth-order valence-electron chi connectivity index (χ4n) is 2.98. The van der Waals surface area contributed by atoms with Crippen LogP contribution in [0.25, 0.3) is 10.6 Å². The summed E-state index contributed by atoms with van der Waals surface area (Å²) in [6, 6.07) is 1.99. The number of nitrogens with zero attached hydrogens (tertiary/aromatic N) is 2. The smallest absolute Gasteiger partial charge is 0.259 e. The Morgan fingerprint density at radius 3 is 2.48 bits per heavy atom. The van der Waals surface area contributed by atoms with Crippen LogP contribution in [0.4, 0.5) is 5.88 Å². The van der Waals surface area contributed by atoms with Crippen LogP contribution in [0.3, 0.4) is 0 Å². The highest BCUT2D eigenvalue weighted by Gasteiger charge is 2.24. The molecule has 2 aromatic heterocycles. The number of nitrogen functional groups attached to an aromatic ring is 1. The quantitative estimate of drug-likeness (QED) is 0.526. The van der Waals surface area contributed by atoms with Crippen LogP contribution in [0.15, 0.2) is 16.0 Å². The largest absolute Gasteiger partial charge is 0.367 e. The fourth-order valence-corrected chi connectivity index (χ4v) is 3.90. The van der Waals surface area contributed by atoms with E-state index < -0.39 is 0 Å². The zero-order chi connectivity index (χ0) is 19.6. The van der Waals surface area contributed by atoms with Gasteiger partial charge in [0.05, 0.1) is 4.88 Å². The van der Waals surface area contributed by atoms with Crippen molar-refractivity contribution in [1.29, 1.82) is 0 Å². The van der Waals surface area contributed by atoms with Gasteiger partial charge in [-0.05, 0) is 62.8 Å². The number of anilines is 1. The minimum Gasteiger partial charge on any atom is -0.367 e. The molecule has 0 aliphatic carbocycles. The van der Waals surface area contributed by atoms with Crippen LogP contribution in [0, 0.1) is 6.92 Å². The Bertz CT molecular complexity index is 703. The molecule has 0 fully saturated rings. The summed E-state index contributed by atoms with van der Waals surface area (Å²) in [6.07, 6.45) is 5.76. The average Bonchev–Trinajstić information content (AvgIpc) is 3.25. The molecule has 0 saturated heterocycles. The molecule has 0 aliphatic rings. The maximum atomic E-state index is 12.6. The molecule has 2 heterocycles. The van der Waals surface area contributed by atoms with Crippen molar-refractivity contribution in [1.82, 2.24) is 15.4 Å². The summed E-state index contributed by atoms with van der Waals surface area (Å²) in [7, 11) is 0. The molecule has 0 unspecified atom stereocenters. The van der Waals surface area contributed by atoms with E-state index in [1.54, 1.807) is 0 Å². The highest BCUT2D eigenvalue weighted by molar-refractivity contribution is 7.13. The van der Waals surface area contributed by atoms with Gasteiger partial charge in [0.1, 0.15) is 11.3 Å². The van der Waals surface area contributed by atoms with E-state index >= 15 is 0 Å². The Labute approximate surface area is 166 Å². The van der Waals surface area contributed by atoms with Gasteiger partial charge in [0.2, 0.25) is 5.88 Å². The Hall–Kier alpha value is -1.86. The Kier molecular flexibility index (Phi) is 8.81. The summed E-state index contributed by atoms with van der Waals surface area (Å²) in [6.45, 7) is 10.3. The van der Waals surface area contributed by atoms with Crippen LogP contribution in [0.5, 0.6) is 0 Å². The third-order valence-electron chi connectivity index (χ3n) is 4.62. The number of rotatable bonds is 12. The summed E-state index contributed by atoms with van der Waals surface area (Å²) in [5.41, 5.74) is 7.80. The average molecular weight is 393 g/mol. The number of aryl methyl sites for hydroxylation is 1. The number of nitrogens with two attached hydrogens (primary N) is 1. The van der Waals surface area contributed by atoms with Gasteiger partial charge in [-0.2, -0.15) is 0 Å². The molecule has 0 atom stereocenters. The molecule has 7 heteroatoms. The van der Waals surface area contributed by atoms with Crippen molar-refractivity contribution in [2.45, 2.75) is 52.9 Å². The summed E-state index contributed by atoms with van der Waals surface area (Å²) in [5, 5.41) is 8.95. The molecular weight excluding hydrogens is 360 g/mol. The van der Waals surface area contributed by atoms with Crippen molar-refractivity contribution >= 4 is 23.1 Å². The highest BCUT2D eigenvalue weighted by Crippen LogP contribution is 2.33. The first-order chi connectivity index (χ1) is 13.1. The SMILES string of the molecule is CCCCN(CCCC)CCCNC(=O)c1c(-c2sccc2C)noc1N. The van der Waals surface area contributed by atoms with Crippen LogP contribution in [-0.2, 0) is 0 Å². The van der Waals surface area contributed by atoms with E-state index in [0.29, 0.717) is 17.8 Å². The van der Waals surface area contributed by atoms with Crippen molar-refractivity contribution in [2.24, 2.45) is 0 Å². The van der Waals surface area contributed by atoms with E-state index in [9.17, 15) is 4.79 Å². The Balaban J connectivity index is 1.89. The molecule has 0 saturated carbocycles. The van der Waals surface area contributed by atoms with E-state index in [0.717, 1.165) is 36.5 Å². The minimum atomic E-state index is -0.217. The number of carbonyl (C=O) groups excluding carboxylic acids is 1. The molecule has 1 amide bonds. The topological polar surface area (TPSA) is 84.4 Å². The van der Waals surface area contributed by atoms with Crippen molar-refractivity contribution in [3.8, 4) is 10.6 Å². The number of carbonyl (C=O) groups is 1. The second-order valence-electron chi connectivity index (χ2n) is 6.86. The summed E-state index contributed by atoms with van der Waals surface area (Å²) in [4.78, 5) is 16.1. The molecule has 0 aromatic carbocycles. The molecule has 27 heavy (non-hydrogen) atoms. The van der Waals surface area contributed by atoms with Crippen LogP contribution < -0.4 is 11.1 Å². The zero-order valence-corrected chi connectivity index (χ0v) is 17.5. The molecular formula is C20H32N4O2S. The lowest BCUT2D eigenvalue weighted by atomic mass is 10.1. The van der Waals surface area contributed by atoms with E-state index in [1.165, 1.54) is 37.0 Å². The standard InChI is InChI=1S/C20H32N4O2S/c1-4-6-11-24(12-7-5-2)13-8-10-22-20(25)16-17(23-26-19(16)21)18-15(3)9-14-27-18/h9,14H,4-8,10-13,21H2,1-3H3,(H,22,25). The van der Waals surface area contributed by atoms with Crippen molar-refractivity contribution in [3.05, 3.63) is 22.6 Å². The van der Waals surface area contributed by atoms with Gasteiger partial charge in [0.25, 0.3) is 5.91 Å². The van der Waals surface area contributed by atoms with E-state index in [1.807, 2.05) is 18.4 Å². The highest BCUT2D eigenvalue weighted by atomic mass is 32.1. The van der Waals surface area contributed by atoms with Gasteiger partial charge in [0, 0.05) is 6.54 Å². The van der Waals surface area contributed by atoms with Crippen LogP contribution >= 0.6 is 11.3 Å². The number of thiophene rings is 1. The van der Waals surface area contributed by atoms with Crippen molar-refractivity contribution in [3.63, 3.8) is 0 Å². The number of hydrogen-bond donors (Lipinski definition) is 2. The number of hydrogen-bond acceptors (Lipinski definition) is 6. The minimum absolute atomic E-state index is 0.0721. The van der Waals surface area contributed by atoms with Crippen LogP contribution in [0.2, 0.25) is 0 Å². The number of nitrogens with one attached hydrogen (secondary N) is 1. The maximum Gasteiger partial charge on any atom is 0.259 e. The molecule has 2 aromatic rings. The maximum absolute atomic E-state index is 12.6. The Morgan fingerprint density at radius 2 is 1.89 bits per heavy atom. The predicted octanol–water partition coefficient (Wildman–Crippen LogP) is 4.32. The number of unbranched alkanes of at least 4 members (excludes halogenated alkanes) is 2. The lowest BCUT2D eigenvalue weighted by Crippen LogP contribution is -2.31.